The Hall–Kier alpha value is -0.985. The number of rotatable bonds is 2. The molecule has 0 saturated carbocycles. The first-order chi connectivity index (χ1) is 7.28. The fourth-order valence-electron chi connectivity index (χ4n) is 1.71. The molecule has 0 N–H and O–H groups in total. The summed E-state index contributed by atoms with van der Waals surface area (Å²) in [6.45, 7) is -5.06. The molecular weight excluding hydrogens is 244 g/mol. The van der Waals surface area contributed by atoms with E-state index in [-0.39, 0.29) is 11.5 Å². The van der Waals surface area contributed by atoms with Gasteiger partial charge in [-0.05, 0) is 12.6 Å². The summed E-state index contributed by atoms with van der Waals surface area (Å²) < 4.78 is 60.4. The fourth-order valence-corrected chi connectivity index (χ4v) is 3.41. The average molecular weight is 253 g/mol. The molecule has 0 aromatic carbocycles. The summed E-state index contributed by atoms with van der Waals surface area (Å²) in [7, 11) is -3.11. The van der Waals surface area contributed by atoms with Gasteiger partial charge < -0.3 is 12.9 Å². The molecule has 2 rings (SSSR count). The molecule has 1 aromatic heterocycles. The predicted octanol–water partition coefficient (Wildman–Crippen LogP) is 0.297. The van der Waals surface area contributed by atoms with E-state index in [1.54, 1.807) is 0 Å². The van der Waals surface area contributed by atoms with Gasteiger partial charge in [-0.3, -0.25) is 4.68 Å². The van der Waals surface area contributed by atoms with Crippen molar-refractivity contribution in [1.82, 2.24) is 9.78 Å². The number of halogens is 3. The van der Waals surface area contributed by atoms with Crippen LogP contribution in [0.1, 0.15) is 12.5 Å². The van der Waals surface area contributed by atoms with E-state index in [0.29, 0.717) is 6.42 Å². The van der Waals surface area contributed by atoms with E-state index in [1.165, 1.54) is 0 Å². The highest BCUT2D eigenvalue weighted by Crippen LogP contribution is 2.22. The molecule has 1 fully saturated rings. The van der Waals surface area contributed by atoms with Gasteiger partial charge in [0.25, 0.3) is 0 Å². The van der Waals surface area contributed by atoms with Gasteiger partial charge in [-0.1, -0.05) is 5.46 Å². The minimum Gasteiger partial charge on any atom is -0.445 e. The summed E-state index contributed by atoms with van der Waals surface area (Å²) in [5.74, 6) is -0.108. The maximum atomic E-state index is 12.3. The molecule has 4 nitrogen and oxygen atoms in total. The van der Waals surface area contributed by atoms with Gasteiger partial charge in [0.05, 0.1) is 17.5 Å². The Morgan fingerprint density at radius 3 is 2.56 bits per heavy atom. The van der Waals surface area contributed by atoms with E-state index in [9.17, 15) is 21.4 Å². The maximum Gasteiger partial charge on any atom is 0.512 e. The van der Waals surface area contributed by atoms with Crippen LogP contribution in [0.15, 0.2) is 12.4 Å². The Bertz CT molecular complexity index is 496. The summed E-state index contributed by atoms with van der Waals surface area (Å²) in [6.07, 6.45) is 1.95. The molecule has 0 spiro atoms. The van der Waals surface area contributed by atoms with Gasteiger partial charge in [0.1, 0.15) is 0 Å². The van der Waals surface area contributed by atoms with Crippen molar-refractivity contribution in [3.8, 4) is 0 Å². The standard InChI is InChI=1S/C7H9BF3N2O2S/c9-8(10,11)6-3-12-13(4-6)7-1-2-16(14,15)5-7/h3-4,7H,1-2,5H2/q-1. The third-order valence-corrected chi connectivity index (χ3v) is 4.33. The second-order valence-corrected chi connectivity index (χ2v) is 6.11. The van der Waals surface area contributed by atoms with Gasteiger partial charge in [-0.2, -0.15) is 5.10 Å². The molecule has 1 unspecified atom stereocenters. The van der Waals surface area contributed by atoms with Crippen LogP contribution in [0.3, 0.4) is 0 Å². The first-order valence-corrected chi connectivity index (χ1v) is 6.54. The molecule has 0 bridgehead atoms. The minimum atomic E-state index is -5.06. The van der Waals surface area contributed by atoms with Crippen molar-refractivity contribution < 1.29 is 21.4 Å². The summed E-state index contributed by atoms with van der Waals surface area (Å²) in [6, 6.07) is -0.461. The quantitative estimate of drug-likeness (QED) is 0.712. The fraction of sp³-hybridized carbons (Fsp3) is 0.571. The van der Waals surface area contributed by atoms with E-state index < -0.39 is 28.3 Å². The number of sulfone groups is 1. The zero-order chi connectivity index (χ0) is 12.0. The van der Waals surface area contributed by atoms with Gasteiger partial charge in [-0.15, -0.1) is 0 Å². The van der Waals surface area contributed by atoms with E-state index in [0.717, 1.165) is 17.1 Å². The molecule has 1 aromatic rings. The van der Waals surface area contributed by atoms with E-state index in [2.05, 4.69) is 5.10 Å². The van der Waals surface area contributed by atoms with Crippen molar-refractivity contribution in [2.75, 3.05) is 11.5 Å². The molecule has 2 heterocycles. The van der Waals surface area contributed by atoms with Crippen LogP contribution in [-0.4, -0.2) is 36.7 Å². The van der Waals surface area contributed by atoms with Crippen molar-refractivity contribution in [2.45, 2.75) is 12.5 Å². The van der Waals surface area contributed by atoms with E-state index in [1.807, 2.05) is 0 Å². The third-order valence-electron chi connectivity index (χ3n) is 2.58. The van der Waals surface area contributed by atoms with Gasteiger partial charge in [0.2, 0.25) is 0 Å². The summed E-state index contributed by atoms with van der Waals surface area (Å²) in [5.41, 5.74) is -0.788. The lowest BCUT2D eigenvalue weighted by atomic mass is 9.83. The average Bonchev–Trinajstić information content (AvgIpc) is 2.68. The van der Waals surface area contributed by atoms with Crippen LogP contribution in [0.25, 0.3) is 0 Å². The monoisotopic (exact) mass is 253 g/mol. The molecule has 90 valence electrons. The maximum absolute atomic E-state index is 12.3. The highest BCUT2D eigenvalue weighted by molar-refractivity contribution is 7.91. The topological polar surface area (TPSA) is 52.0 Å². The molecular formula is C7H9BF3N2O2S-. The molecule has 1 aliphatic rings. The third kappa shape index (κ3) is 2.23. The summed E-state index contributed by atoms with van der Waals surface area (Å²) in [4.78, 5) is 0. The summed E-state index contributed by atoms with van der Waals surface area (Å²) in [5, 5.41) is 3.58. The van der Waals surface area contributed by atoms with Crippen LogP contribution in [0.2, 0.25) is 0 Å². The Kier molecular flexibility index (Phi) is 2.52. The largest absolute Gasteiger partial charge is 0.512 e. The van der Waals surface area contributed by atoms with Gasteiger partial charge in [-0.25, -0.2) is 8.42 Å². The molecule has 1 atom stereocenters. The van der Waals surface area contributed by atoms with Crippen LogP contribution in [-0.2, 0) is 9.84 Å². The Balaban J connectivity index is 2.21. The number of hydrogen-bond acceptors (Lipinski definition) is 3. The highest BCUT2D eigenvalue weighted by atomic mass is 32.2. The zero-order valence-corrected chi connectivity index (χ0v) is 9.00. The molecule has 9 heteroatoms. The van der Waals surface area contributed by atoms with Crippen LogP contribution in [0.5, 0.6) is 0 Å². The Labute approximate surface area is 90.4 Å². The first-order valence-electron chi connectivity index (χ1n) is 4.72. The van der Waals surface area contributed by atoms with Gasteiger partial charge in [0, 0.05) is 6.20 Å². The highest BCUT2D eigenvalue weighted by Gasteiger charge is 2.32. The van der Waals surface area contributed by atoms with Gasteiger partial charge in [0.15, 0.2) is 9.84 Å². The van der Waals surface area contributed by atoms with E-state index >= 15 is 0 Å². The molecule has 0 radical (unpaired) electrons. The Morgan fingerprint density at radius 1 is 1.44 bits per heavy atom. The number of nitrogens with zero attached hydrogens (tertiary/aromatic N) is 2. The predicted molar refractivity (Wildman–Crippen MR) is 53.2 cm³/mol. The summed E-state index contributed by atoms with van der Waals surface area (Å²) >= 11 is 0. The van der Waals surface area contributed by atoms with Crippen LogP contribution < -0.4 is 5.46 Å². The Morgan fingerprint density at radius 2 is 2.12 bits per heavy atom. The van der Waals surface area contributed by atoms with Crippen molar-refractivity contribution >= 4 is 22.3 Å². The number of hydrogen-bond donors (Lipinski definition) is 0. The van der Waals surface area contributed by atoms with Crippen LogP contribution in [0, 0.1) is 0 Å². The first kappa shape index (κ1) is 11.5. The van der Waals surface area contributed by atoms with Gasteiger partial charge >= 0.3 is 6.98 Å². The lowest BCUT2D eigenvalue weighted by Crippen LogP contribution is -2.32. The minimum absolute atomic E-state index is 0.0179. The molecule has 16 heavy (non-hydrogen) atoms. The van der Waals surface area contributed by atoms with Crippen LogP contribution in [0.4, 0.5) is 12.9 Å². The van der Waals surface area contributed by atoms with Crippen molar-refractivity contribution in [3.63, 3.8) is 0 Å². The molecule has 0 amide bonds. The van der Waals surface area contributed by atoms with E-state index in [4.69, 9.17) is 0 Å². The lowest BCUT2D eigenvalue weighted by Gasteiger charge is -2.11. The smallest absolute Gasteiger partial charge is 0.445 e. The second kappa shape index (κ2) is 3.51. The zero-order valence-electron chi connectivity index (χ0n) is 8.18. The van der Waals surface area contributed by atoms with Crippen molar-refractivity contribution in [1.29, 1.82) is 0 Å². The van der Waals surface area contributed by atoms with Crippen molar-refractivity contribution in [2.24, 2.45) is 0 Å². The SMILES string of the molecule is O=S1(=O)CCC(n2cc([B-](F)(F)F)cn2)C1. The normalized spacial score (nSPS) is 24.8. The lowest BCUT2D eigenvalue weighted by molar-refractivity contribution is 0.494. The van der Waals surface area contributed by atoms with Crippen molar-refractivity contribution in [3.05, 3.63) is 12.4 Å². The molecule has 1 saturated heterocycles. The number of aromatic nitrogens is 2. The van der Waals surface area contributed by atoms with Crippen LogP contribution >= 0.6 is 0 Å². The molecule has 0 aliphatic carbocycles. The second-order valence-electron chi connectivity index (χ2n) is 3.89. The molecule has 1 aliphatic heterocycles.